The van der Waals surface area contributed by atoms with Crippen molar-refractivity contribution in [2.75, 3.05) is 6.61 Å². The van der Waals surface area contributed by atoms with Crippen molar-refractivity contribution in [2.24, 2.45) is 0 Å². The van der Waals surface area contributed by atoms with Crippen LogP contribution in [0.2, 0.25) is 0 Å². The quantitative estimate of drug-likeness (QED) is 0.540. The van der Waals surface area contributed by atoms with E-state index in [-0.39, 0.29) is 24.9 Å². The summed E-state index contributed by atoms with van der Waals surface area (Å²) < 4.78 is 5.68. The number of thiazole rings is 1. The smallest absolute Gasteiger partial charge is 0.276 e. The van der Waals surface area contributed by atoms with Crippen LogP contribution in [0.4, 0.5) is 0 Å². The molecule has 6 nitrogen and oxygen atoms in total. The number of hydrazine groups is 1. The fraction of sp³-hybridized carbons (Fsp3) is 0.292. The van der Waals surface area contributed by atoms with Gasteiger partial charge in [0.05, 0.1) is 12.1 Å². The number of carbonyl (C=O) groups excluding carboxylic acids is 2. The minimum Gasteiger partial charge on any atom is -0.483 e. The third-order valence-electron chi connectivity index (χ3n) is 4.65. The van der Waals surface area contributed by atoms with E-state index in [0.717, 1.165) is 27.3 Å². The first-order chi connectivity index (χ1) is 14.8. The SMILES string of the molecule is Cc1cccc(-c2nc(CC(=O)NNC(=O)COc3cc(C)ccc3C(C)C)cs2)c1. The molecule has 0 aliphatic rings. The van der Waals surface area contributed by atoms with Gasteiger partial charge in [-0.1, -0.05) is 49.7 Å². The highest BCUT2D eigenvalue weighted by Gasteiger charge is 2.12. The Balaban J connectivity index is 1.48. The molecule has 0 fully saturated rings. The Bertz CT molecular complexity index is 1080. The molecule has 31 heavy (non-hydrogen) atoms. The summed E-state index contributed by atoms with van der Waals surface area (Å²) in [7, 11) is 0. The van der Waals surface area contributed by atoms with Gasteiger partial charge in [0.25, 0.3) is 5.91 Å². The molecule has 1 aromatic heterocycles. The minimum atomic E-state index is -0.428. The second-order valence-electron chi connectivity index (χ2n) is 7.77. The second-order valence-corrected chi connectivity index (χ2v) is 8.63. The first-order valence-corrected chi connectivity index (χ1v) is 11.0. The summed E-state index contributed by atoms with van der Waals surface area (Å²) in [5, 5.41) is 2.72. The Morgan fingerprint density at radius 1 is 1.03 bits per heavy atom. The van der Waals surface area contributed by atoms with Crippen LogP contribution >= 0.6 is 11.3 Å². The first-order valence-electron chi connectivity index (χ1n) is 10.1. The van der Waals surface area contributed by atoms with E-state index in [2.05, 4.69) is 35.7 Å². The van der Waals surface area contributed by atoms with Gasteiger partial charge in [0.2, 0.25) is 5.91 Å². The zero-order chi connectivity index (χ0) is 22.4. The van der Waals surface area contributed by atoms with Gasteiger partial charge in [0.15, 0.2) is 6.61 Å². The van der Waals surface area contributed by atoms with Gasteiger partial charge in [-0.2, -0.15) is 0 Å². The fourth-order valence-electron chi connectivity index (χ4n) is 3.07. The number of hydrogen-bond donors (Lipinski definition) is 2. The average molecular weight is 438 g/mol. The van der Waals surface area contributed by atoms with E-state index in [1.165, 1.54) is 11.3 Å². The molecule has 3 aromatic rings. The number of carbonyl (C=O) groups is 2. The molecule has 0 unspecified atom stereocenters. The van der Waals surface area contributed by atoms with Crippen LogP contribution in [0.1, 0.15) is 42.1 Å². The number of amides is 2. The molecule has 0 atom stereocenters. The lowest BCUT2D eigenvalue weighted by Crippen LogP contribution is -2.44. The summed E-state index contributed by atoms with van der Waals surface area (Å²) in [4.78, 5) is 28.8. The van der Waals surface area contributed by atoms with Crippen LogP contribution in [-0.4, -0.2) is 23.4 Å². The molecule has 0 aliphatic heterocycles. The van der Waals surface area contributed by atoms with Crippen LogP contribution in [0.5, 0.6) is 5.75 Å². The monoisotopic (exact) mass is 437 g/mol. The van der Waals surface area contributed by atoms with Gasteiger partial charge in [-0.3, -0.25) is 20.4 Å². The number of benzene rings is 2. The summed E-state index contributed by atoms with van der Waals surface area (Å²) in [6, 6.07) is 14.0. The molecule has 7 heteroatoms. The van der Waals surface area contributed by atoms with Crippen LogP contribution in [0.25, 0.3) is 10.6 Å². The van der Waals surface area contributed by atoms with Crippen molar-refractivity contribution in [2.45, 2.75) is 40.0 Å². The van der Waals surface area contributed by atoms with Crippen molar-refractivity contribution in [3.63, 3.8) is 0 Å². The average Bonchev–Trinajstić information content (AvgIpc) is 3.19. The van der Waals surface area contributed by atoms with Gasteiger partial charge < -0.3 is 4.74 Å². The van der Waals surface area contributed by atoms with Crippen LogP contribution in [0, 0.1) is 13.8 Å². The topological polar surface area (TPSA) is 80.3 Å². The molecule has 0 spiro atoms. The lowest BCUT2D eigenvalue weighted by molar-refractivity contribution is -0.129. The third kappa shape index (κ3) is 6.39. The number of ether oxygens (including phenoxy) is 1. The van der Waals surface area contributed by atoms with E-state index >= 15 is 0 Å². The summed E-state index contributed by atoms with van der Waals surface area (Å²) in [6.07, 6.45) is 0.0822. The van der Waals surface area contributed by atoms with E-state index in [1.807, 2.05) is 55.6 Å². The lowest BCUT2D eigenvalue weighted by atomic mass is 10.0. The Morgan fingerprint density at radius 2 is 1.77 bits per heavy atom. The van der Waals surface area contributed by atoms with Gasteiger partial charge in [-0.05, 0) is 43.0 Å². The predicted molar refractivity (Wildman–Crippen MR) is 123 cm³/mol. The number of aryl methyl sites for hydroxylation is 2. The maximum atomic E-state index is 12.2. The highest BCUT2D eigenvalue weighted by atomic mass is 32.1. The summed E-state index contributed by atoms with van der Waals surface area (Å²) in [5.74, 6) is 0.194. The molecule has 0 aliphatic carbocycles. The predicted octanol–water partition coefficient (Wildman–Crippen LogP) is 4.32. The fourth-order valence-corrected chi connectivity index (χ4v) is 3.89. The summed E-state index contributed by atoms with van der Waals surface area (Å²) in [6.45, 7) is 7.96. The lowest BCUT2D eigenvalue weighted by Gasteiger charge is -2.15. The number of nitrogens with zero attached hydrogens (tertiary/aromatic N) is 1. The normalized spacial score (nSPS) is 10.7. The van der Waals surface area contributed by atoms with Crippen molar-refractivity contribution in [3.8, 4) is 16.3 Å². The molecule has 0 saturated carbocycles. The largest absolute Gasteiger partial charge is 0.483 e. The number of rotatable bonds is 7. The molecule has 2 aromatic carbocycles. The van der Waals surface area contributed by atoms with E-state index in [4.69, 9.17) is 4.74 Å². The van der Waals surface area contributed by atoms with Gasteiger partial charge in [0.1, 0.15) is 10.8 Å². The van der Waals surface area contributed by atoms with E-state index < -0.39 is 5.91 Å². The van der Waals surface area contributed by atoms with Crippen LogP contribution in [0.15, 0.2) is 47.8 Å². The summed E-state index contributed by atoms with van der Waals surface area (Å²) in [5.41, 5.74) is 9.75. The Kier molecular flexibility index (Phi) is 7.41. The maximum Gasteiger partial charge on any atom is 0.276 e. The second kappa shape index (κ2) is 10.2. The van der Waals surface area contributed by atoms with E-state index in [1.54, 1.807) is 0 Å². The van der Waals surface area contributed by atoms with Crippen LogP contribution in [0.3, 0.4) is 0 Å². The number of hydrogen-bond acceptors (Lipinski definition) is 5. The zero-order valence-electron chi connectivity index (χ0n) is 18.2. The molecule has 1 heterocycles. The Hall–Kier alpha value is -3.19. The highest BCUT2D eigenvalue weighted by molar-refractivity contribution is 7.13. The van der Waals surface area contributed by atoms with E-state index in [9.17, 15) is 9.59 Å². The Labute approximate surface area is 186 Å². The van der Waals surface area contributed by atoms with Crippen molar-refractivity contribution in [1.29, 1.82) is 0 Å². The van der Waals surface area contributed by atoms with Crippen LogP contribution < -0.4 is 15.6 Å². The zero-order valence-corrected chi connectivity index (χ0v) is 19.0. The highest BCUT2D eigenvalue weighted by Crippen LogP contribution is 2.27. The molecular formula is C24H27N3O3S. The van der Waals surface area contributed by atoms with Crippen LogP contribution in [-0.2, 0) is 16.0 Å². The van der Waals surface area contributed by atoms with Crippen molar-refractivity contribution in [1.82, 2.24) is 15.8 Å². The van der Waals surface area contributed by atoms with Gasteiger partial charge in [-0.25, -0.2) is 4.98 Å². The molecular weight excluding hydrogens is 410 g/mol. The van der Waals surface area contributed by atoms with Gasteiger partial charge >= 0.3 is 0 Å². The van der Waals surface area contributed by atoms with Crippen molar-refractivity contribution >= 4 is 23.2 Å². The van der Waals surface area contributed by atoms with Gasteiger partial charge in [0, 0.05) is 10.9 Å². The molecule has 2 N–H and O–H groups in total. The molecule has 0 saturated heterocycles. The molecule has 3 rings (SSSR count). The van der Waals surface area contributed by atoms with Crippen molar-refractivity contribution < 1.29 is 14.3 Å². The Morgan fingerprint density at radius 3 is 2.52 bits per heavy atom. The number of aromatic nitrogens is 1. The molecule has 0 bridgehead atoms. The standard InChI is InChI=1S/C24H27N3O3S/c1-15(2)20-9-8-17(4)11-21(20)30-13-23(29)27-26-22(28)12-19-14-31-24(25-19)18-7-5-6-16(3)10-18/h5-11,14-15H,12-13H2,1-4H3,(H,26,28)(H,27,29). The third-order valence-corrected chi connectivity index (χ3v) is 5.59. The summed E-state index contributed by atoms with van der Waals surface area (Å²) >= 11 is 1.49. The molecule has 2 amide bonds. The van der Waals surface area contributed by atoms with E-state index in [0.29, 0.717) is 11.4 Å². The molecule has 162 valence electrons. The maximum absolute atomic E-state index is 12.2. The minimum absolute atomic E-state index is 0.0822. The molecule has 0 radical (unpaired) electrons. The van der Waals surface area contributed by atoms with Gasteiger partial charge in [-0.15, -0.1) is 11.3 Å². The first kappa shape index (κ1) is 22.5. The number of nitrogens with one attached hydrogen (secondary N) is 2. The van der Waals surface area contributed by atoms with Crippen molar-refractivity contribution in [3.05, 3.63) is 70.2 Å².